The fourth-order valence-corrected chi connectivity index (χ4v) is 4.99. The van der Waals surface area contributed by atoms with Crippen LogP contribution in [-0.4, -0.2) is 49.8 Å². The predicted octanol–water partition coefficient (Wildman–Crippen LogP) is 2.28. The first-order chi connectivity index (χ1) is 9.98. The summed E-state index contributed by atoms with van der Waals surface area (Å²) in [6.07, 6.45) is 5.18. The van der Waals surface area contributed by atoms with Gasteiger partial charge in [-0.05, 0) is 37.1 Å². The van der Waals surface area contributed by atoms with E-state index in [1.54, 1.807) is 29.4 Å². The van der Waals surface area contributed by atoms with Crippen molar-refractivity contribution in [3.63, 3.8) is 0 Å². The van der Waals surface area contributed by atoms with Crippen LogP contribution in [0.3, 0.4) is 0 Å². The Labute approximate surface area is 131 Å². The van der Waals surface area contributed by atoms with Crippen LogP contribution in [0.5, 0.6) is 0 Å². The average Bonchev–Trinajstić information content (AvgIpc) is 3.09. The van der Waals surface area contributed by atoms with Crippen LogP contribution < -0.4 is 0 Å². The Morgan fingerprint density at radius 2 is 1.95 bits per heavy atom. The summed E-state index contributed by atoms with van der Waals surface area (Å²) in [6, 6.07) is 5.27. The van der Waals surface area contributed by atoms with Gasteiger partial charge >= 0.3 is 0 Å². The molecule has 2 aliphatic rings. The zero-order chi connectivity index (χ0) is 15.0. The van der Waals surface area contributed by atoms with Crippen molar-refractivity contribution in [2.75, 3.05) is 26.2 Å². The summed E-state index contributed by atoms with van der Waals surface area (Å²) < 4.78 is 27.2. The summed E-state index contributed by atoms with van der Waals surface area (Å²) in [6.45, 7) is 4.81. The highest BCUT2D eigenvalue weighted by molar-refractivity contribution is 7.89. The molecule has 4 nitrogen and oxygen atoms in total. The molecule has 1 saturated heterocycles. The van der Waals surface area contributed by atoms with Gasteiger partial charge in [-0.25, -0.2) is 8.42 Å². The average molecular weight is 327 g/mol. The number of nitrogens with zero attached hydrogens (tertiary/aromatic N) is 2. The Kier molecular flexibility index (Phi) is 4.10. The molecule has 1 aromatic rings. The van der Waals surface area contributed by atoms with Crippen LogP contribution in [0.1, 0.15) is 12.0 Å². The lowest BCUT2D eigenvalue weighted by molar-refractivity contribution is 0.261. The summed E-state index contributed by atoms with van der Waals surface area (Å²) in [5.74, 6) is 0. The number of hydrogen-bond donors (Lipinski definition) is 0. The SMILES string of the molecule is Cc1cc(Cl)ccc1S(=O)(=O)N1CC[C@@H](N2CC=CC2)C1. The third-order valence-corrected chi connectivity index (χ3v) is 6.50. The quantitative estimate of drug-likeness (QED) is 0.800. The molecule has 2 heterocycles. The second-order valence-electron chi connectivity index (χ2n) is 5.64. The predicted molar refractivity (Wildman–Crippen MR) is 84.1 cm³/mol. The van der Waals surface area contributed by atoms with Crippen LogP contribution >= 0.6 is 11.6 Å². The third-order valence-electron chi connectivity index (χ3n) is 4.24. The lowest BCUT2D eigenvalue weighted by atomic mass is 10.2. The van der Waals surface area contributed by atoms with Crippen LogP contribution in [0.2, 0.25) is 5.02 Å². The molecule has 0 aromatic heterocycles. The lowest BCUT2D eigenvalue weighted by Gasteiger charge is -2.23. The van der Waals surface area contributed by atoms with E-state index in [0.29, 0.717) is 34.6 Å². The molecular formula is C15H19ClN2O2S. The number of aryl methyl sites for hydroxylation is 1. The molecule has 1 fully saturated rings. The van der Waals surface area contributed by atoms with Crippen molar-refractivity contribution in [1.29, 1.82) is 0 Å². The largest absolute Gasteiger partial charge is 0.292 e. The standard InChI is InChI=1S/C15H19ClN2O2S/c1-12-10-13(16)4-5-15(12)21(19,20)18-9-6-14(11-18)17-7-2-3-8-17/h2-5,10,14H,6-9,11H2,1H3/t14-/m1/s1. The van der Waals surface area contributed by atoms with E-state index in [0.717, 1.165) is 19.5 Å². The van der Waals surface area contributed by atoms with Crippen molar-refractivity contribution >= 4 is 21.6 Å². The van der Waals surface area contributed by atoms with Crippen molar-refractivity contribution in [1.82, 2.24) is 9.21 Å². The lowest BCUT2D eigenvalue weighted by Crippen LogP contribution is -2.37. The maximum atomic E-state index is 12.8. The van der Waals surface area contributed by atoms with E-state index in [4.69, 9.17) is 11.6 Å². The monoisotopic (exact) mass is 326 g/mol. The van der Waals surface area contributed by atoms with Crippen molar-refractivity contribution in [3.8, 4) is 0 Å². The van der Waals surface area contributed by atoms with E-state index in [9.17, 15) is 8.42 Å². The minimum Gasteiger partial charge on any atom is -0.292 e. The molecule has 0 saturated carbocycles. The number of benzene rings is 1. The van der Waals surface area contributed by atoms with Crippen molar-refractivity contribution in [3.05, 3.63) is 40.9 Å². The van der Waals surface area contributed by atoms with E-state index in [1.807, 2.05) is 0 Å². The minimum absolute atomic E-state index is 0.322. The smallest absolute Gasteiger partial charge is 0.243 e. The van der Waals surface area contributed by atoms with Gasteiger partial charge in [0.15, 0.2) is 0 Å². The van der Waals surface area contributed by atoms with Gasteiger partial charge in [0.25, 0.3) is 0 Å². The Morgan fingerprint density at radius 1 is 1.24 bits per heavy atom. The van der Waals surface area contributed by atoms with Crippen LogP contribution in [0.25, 0.3) is 0 Å². The maximum absolute atomic E-state index is 12.8. The molecule has 2 aliphatic heterocycles. The van der Waals surface area contributed by atoms with Crippen molar-refractivity contribution in [2.24, 2.45) is 0 Å². The fourth-order valence-electron chi connectivity index (χ4n) is 3.06. The highest BCUT2D eigenvalue weighted by Gasteiger charge is 2.35. The van der Waals surface area contributed by atoms with Crippen LogP contribution in [0.4, 0.5) is 0 Å². The molecule has 0 aliphatic carbocycles. The highest BCUT2D eigenvalue weighted by atomic mass is 35.5. The molecule has 0 radical (unpaired) electrons. The summed E-state index contributed by atoms with van der Waals surface area (Å²) in [5, 5.41) is 0.564. The summed E-state index contributed by atoms with van der Waals surface area (Å²) in [5.41, 5.74) is 0.703. The van der Waals surface area contributed by atoms with E-state index in [2.05, 4.69) is 17.1 Å². The van der Waals surface area contributed by atoms with Gasteiger partial charge in [0.05, 0.1) is 4.90 Å². The topological polar surface area (TPSA) is 40.6 Å². The molecule has 0 amide bonds. The summed E-state index contributed by atoms with van der Waals surface area (Å²) in [7, 11) is -3.42. The second-order valence-corrected chi connectivity index (χ2v) is 7.98. The Balaban J connectivity index is 1.79. The molecule has 114 valence electrons. The van der Waals surface area contributed by atoms with Crippen molar-refractivity contribution in [2.45, 2.75) is 24.3 Å². The first kappa shape index (κ1) is 15.0. The Bertz CT molecular complexity index is 664. The number of hydrogen-bond acceptors (Lipinski definition) is 3. The van der Waals surface area contributed by atoms with E-state index in [-0.39, 0.29) is 0 Å². The maximum Gasteiger partial charge on any atom is 0.243 e. The number of halogens is 1. The van der Waals surface area contributed by atoms with Crippen LogP contribution in [-0.2, 0) is 10.0 Å². The molecule has 21 heavy (non-hydrogen) atoms. The zero-order valence-corrected chi connectivity index (χ0v) is 13.6. The second kappa shape index (κ2) is 5.72. The molecule has 6 heteroatoms. The molecule has 0 unspecified atom stereocenters. The van der Waals surface area contributed by atoms with Crippen LogP contribution in [0, 0.1) is 6.92 Å². The van der Waals surface area contributed by atoms with E-state index < -0.39 is 10.0 Å². The fraction of sp³-hybridized carbons (Fsp3) is 0.467. The van der Waals surface area contributed by atoms with Gasteiger partial charge in [0.2, 0.25) is 10.0 Å². The normalized spacial score (nSPS) is 24.0. The van der Waals surface area contributed by atoms with Crippen molar-refractivity contribution < 1.29 is 8.42 Å². The molecule has 0 N–H and O–H groups in total. The zero-order valence-electron chi connectivity index (χ0n) is 12.0. The summed E-state index contributed by atoms with van der Waals surface area (Å²) >= 11 is 5.91. The van der Waals surface area contributed by atoms with Gasteiger partial charge in [0.1, 0.15) is 0 Å². The number of rotatable bonds is 3. The van der Waals surface area contributed by atoms with Gasteiger partial charge in [-0.2, -0.15) is 4.31 Å². The van der Waals surface area contributed by atoms with E-state index in [1.165, 1.54) is 0 Å². The molecule has 0 spiro atoms. The van der Waals surface area contributed by atoms with Gasteiger partial charge in [0, 0.05) is 37.2 Å². The van der Waals surface area contributed by atoms with Gasteiger partial charge in [-0.15, -0.1) is 0 Å². The molecule has 1 aromatic carbocycles. The van der Waals surface area contributed by atoms with E-state index >= 15 is 0 Å². The molecule has 0 bridgehead atoms. The van der Waals surface area contributed by atoms with Gasteiger partial charge in [-0.1, -0.05) is 23.8 Å². The first-order valence-electron chi connectivity index (χ1n) is 7.14. The molecule has 3 rings (SSSR count). The Morgan fingerprint density at radius 3 is 2.62 bits per heavy atom. The molecule has 1 atom stereocenters. The number of sulfonamides is 1. The first-order valence-corrected chi connectivity index (χ1v) is 8.95. The third kappa shape index (κ3) is 2.88. The van der Waals surface area contributed by atoms with Crippen LogP contribution in [0.15, 0.2) is 35.2 Å². The molecular weight excluding hydrogens is 308 g/mol. The van der Waals surface area contributed by atoms with Gasteiger partial charge < -0.3 is 0 Å². The summed E-state index contributed by atoms with van der Waals surface area (Å²) in [4.78, 5) is 2.69. The Hall–Kier alpha value is -0.880. The minimum atomic E-state index is -3.42. The highest BCUT2D eigenvalue weighted by Crippen LogP contribution is 2.27. The van der Waals surface area contributed by atoms with Gasteiger partial charge in [-0.3, -0.25) is 4.90 Å².